The third-order valence-electron chi connectivity index (χ3n) is 10.5. The fourth-order valence-electron chi connectivity index (χ4n) is 7.94. The summed E-state index contributed by atoms with van der Waals surface area (Å²) in [5.74, 6) is -2.37. The van der Waals surface area contributed by atoms with Crippen molar-refractivity contribution < 1.29 is 27.2 Å². The van der Waals surface area contributed by atoms with E-state index in [-0.39, 0.29) is 11.6 Å². The highest BCUT2D eigenvalue weighted by atomic mass is 19.1. The number of hydrogen-bond acceptors (Lipinski definition) is 2. The lowest BCUT2D eigenvalue weighted by Gasteiger charge is -2.16. The van der Waals surface area contributed by atoms with Gasteiger partial charge in [-0.1, -0.05) is 133 Å². The van der Waals surface area contributed by atoms with Crippen molar-refractivity contribution in [2.75, 3.05) is 0 Å². The zero-order chi connectivity index (χ0) is 39.9. The van der Waals surface area contributed by atoms with E-state index in [1.807, 2.05) is 84.9 Å². The first-order valence-corrected chi connectivity index (χ1v) is 18.6. The van der Waals surface area contributed by atoms with E-state index in [0.717, 1.165) is 11.1 Å². The van der Waals surface area contributed by atoms with Crippen molar-refractivity contribution in [3.05, 3.63) is 250 Å². The highest BCUT2D eigenvalue weighted by Gasteiger charge is 2.37. The van der Waals surface area contributed by atoms with Crippen LogP contribution in [-0.4, -0.2) is 11.6 Å². The Morgan fingerprint density at radius 2 is 0.379 bits per heavy atom. The third-order valence-corrected chi connectivity index (χ3v) is 10.5. The van der Waals surface area contributed by atoms with Crippen LogP contribution >= 0.6 is 0 Å². The van der Waals surface area contributed by atoms with Gasteiger partial charge in [0, 0.05) is 44.6 Å². The maximum absolute atomic E-state index is 14.8. The largest absolute Gasteiger partial charge is 0.289 e. The minimum Gasteiger partial charge on any atom is -0.289 e. The molecule has 58 heavy (non-hydrogen) atoms. The summed E-state index contributed by atoms with van der Waals surface area (Å²) in [5, 5.41) is 0. The lowest BCUT2D eigenvalue weighted by Crippen LogP contribution is -2.02. The summed E-state index contributed by atoms with van der Waals surface area (Å²) in [7, 11) is 0. The summed E-state index contributed by atoms with van der Waals surface area (Å²) < 4.78 is 57.0. The Labute approximate surface area is 332 Å². The number of Topliss-reactive ketones (excluding diaryl/α,β-unsaturated/α-hetero) is 2. The highest BCUT2D eigenvalue weighted by molar-refractivity contribution is 6.60. The van der Waals surface area contributed by atoms with E-state index < -0.39 is 23.3 Å². The number of carbonyl (C=O) groups is 2. The maximum atomic E-state index is 14.8. The van der Waals surface area contributed by atoms with Crippen molar-refractivity contribution in [2.45, 2.75) is 0 Å². The van der Waals surface area contributed by atoms with Gasteiger partial charge in [-0.3, -0.25) is 9.59 Å². The van der Waals surface area contributed by atoms with Crippen LogP contribution in [0, 0.1) is 23.3 Å². The quantitative estimate of drug-likeness (QED) is 0.145. The van der Waals surface area contributed by atoms with E-state index in [2.05, 4.69) is 0 Å². The predicted molar refractivity (Wildman–Crippen MR) is 222 cm³/mol. The second kappa shape index (κ2) is 14.9. The molecule has 0 unspecified atom stereocenters. The van der Waals surface area contributed by atoms with Crippen molar-refractivity contribution in [3.8, 4) is 0 Å². The number of halogens is 4. The molecule has 0 saturated heterocycles. The van der Waals surface area contributed by atoms with Gasteiger partial charge in [0.2, 0.25) is 0 Å². The summed E-state index contributed by atoms with van der Waals surface area (Å²) in [6.07, 6.45) is 0. The zero-order valence-corrected chi connectivity index (χ0v) is 30.6. The molecule has 0 bridgehead atoms. The van der Waals surface area contributed by atoms with Crippen molar-refractivity contribution in [2.24, 2.45) is 0 Å². The van der Waals surface area contributed by atoms with Crippen molar-refractivity contribution in [3.63, 3.8) is 0 Å². The topological polar surface area (TPSA) is 34.1 Å². The van der Waals surface area contributed by atoms with Gasteiger partial charge in [0.25, 0.3) is 0 Å². The molecule has 7 aromatic rings. The predicted octanol–water partition coefficient (Wildman–Crippen LogP) is 12.5. The van der Waals surface area contributed by atoms with Gasteiger partial charge in [0.15, 0.2) is 11.6 Å². The Hall–Kier alpha value is -7.44. The SMILES string of the molecule is O=C1C(c2ccc(F)cc2)=C(c2ccccc2)C(c2ccc(C3=C(c4ccc(F)cc4)C(=O)C(c4ccc(F)cc4)=C3c3ccccc3)cc2)=C1c1ccc(F)cc1. The fourth-order valence-corrected chi connectivity index (χ4v) is 7.94. The normalized spacial score (nSPS) is 14.3. The fraction of sp³-hybridized carbons (Fsp3) is 0. The van der Waals surface area contributed by atoms with Gasteiger partial charge in [0.1, 0.15) is 23.3 Å². The minimum atomic E-state index is -0.450. The number of benzene rings is 7. The monoisotopic (exact) mass is 762 g/mol. The Morgan fingerprint density at radius 1 is 0.207 bits per heavy atom. The number of carbonyl (C=O) groups excluding carboxylic acids is 2. The smallest absolute Gasteiger partial charge is 0.195 e. The summed E-state index contributed by atoms with van der Waals surface area (Å²) in [6, 6.07) is 49.6. The molecule has 278 valence electrons. The molecular weight excluding hydrogens is 733 g/mol. The Morgan fingerprint density at radius 3 is 0.603 bits per heavy atom. The Kier molecular flexibility index (Phi) is 9.30. The van der Waals surface area contributed by atoms with Crippen molar-refractivity contribution >= 4 is 56.2 Å². The van der Waals surface area contributed by atoms with E-state index in [1.165, 1.54) is 48.5 Å². The first-order valence-electron chi connectivity index (χ1n) is 18.6. The van der Waals surface area contributed by atoms with Gasteiger partial charge in [0.05, 0.1) is 0 Å². The van der Waals surface area contributed by atoms with Crippen LogP contribution in [0.3, 0.4) is 0 Å². The van der Waals surface area contributed by atoms with Gasteiger partial charge in [-0.15, -0.1) is 0 Å². The molecule has 0 amide bonds. The van der Waals surface area contributed by atoms with Crippen LogP contribution in [0.25, 0.3) is 44.6 Å². The van der Waals surface area contributed by atoms with Crippen LogP contribution in [0.1, 0.15) is 44.5 Å². The van der Waals surface area contributed by atoms with Crippen LogP contribution in [-0.2, 0) is 9.59 Å². The number of hydrogen-bond donors (Lipinski definition) is 0. The zero-order valence-electron chi connectivity index (χ0n) is 30.6. The second-order valence-corrected chi connectivity index (χ2v) is 14.0. The third kappa shape index (κ3) is 6.44. The number of rotatable bonds is 8. The van der Waals surface area contributed by atoms with Crippen molar-refractivity contribution in [1.29, 1.82) is 0 Å². The molecule has 2 aliphatic carbocycles. The summed E-state index contributed by atoms with van der Waals surface area (Å²) >= 11 is 0. The molecule has 7 aromatic carbocycles. The van der Waals surface area contributed by atoms with Gasteiger partial charge < -0.3 is 0 Å². The average molecular weight is 763 g/mol. The van der Waals surface area contributed by atoms with E-state index in [4.69, 9.17) is 0 Å². The van der Waals surface area contributed by atoms with Crippen LogP contribution in [0.4, 0.5) is 17.6 Å². The van der Waals surface area contributed by atoms with E-state index >= 15 is 0 Å². The van der Waals surface area contributed by atoms with Crippen LogP contribution < -0.4 is 0 Å². The first kappa shape index (κ1) is 36.2. The van der Waals surface area contributed by atoms with Gasteiger partial charge >= 0.3 is 0 Å². The molecule has 0 spiro atoms. The molecule has 0 aromatic heterocycles. The number of allylic oxidation sites excluding steroid dienone is 8. The molecule has 0 aliphatic heterocycles. The highest BCUT2D eigenvalue weighted by Crippen LogP contribution is 2.52. The average Bonchev–Trinajstić information content (AvgIpc) is 3.73. The molecule has 0 N–H and O–H groups in total. The molecule has 2 aliphatic rings. The minimum absolute atomic E-state index is 0.294. The van der Waals surface area contributed by atoms with Gasteiger partial charge in [-0.2, -0.15) is 0 Å². The molecule has 2 nitrogen and oxygen atoms in total. The molecule has 0 saturated carbocycles. The lowest BCUT2D eigenvalue weighted by molar-refractivity contribution is -0.109. The standard InChI is InChI=1S/C52H30F4O2/c53-39-23-15-35(16-24-39)47-43(31-7-3-1-4-8-31)45(49(51(47)57)37-19-27-41(55)28-20-37)33-11-13-34(14-12-33)46-44(32-9-5-2-6-10-32)48(36-17-25-40(54)26-18-36)52(58)50(46)38-21-29-42(56)30-22-38/h1-30H. The molecule has 9 rings (SSSR count). The van der Waals surface area contributed by atoms with Gasteiger partial charge in [-0.05, 0) is 93.0 Å². The van der Waals surface area contributed by atoms with Crippen LogP contribution in [0.15, 0.2) is 182 Å². The summed E-state index contributed by atoms with van der Waals surface area (Å²) in [5.41, 5.74) is 8.89. The molecule has 0 atom stereocenters. The van der Waals surface area contributed by atoms with E-state index in [0.29, 0.717) is 78.0 Å². The molecule has 0 radical (unpaired) electrons. The Balaban J connectivity index is 1.30. The summed E-state index contributed by atoms with van der Waals surface area (Å²) in [6.45, 7) is 0. The van der Waals surface area contributed by atoms with Crippen LogP contribution in [0.2, 0.25) is 0 Å². The molecule has 6 heteroatoms. The van der Waals surface area contributed by atoms with Crippen LogP contribution in [0.5, 0.6) is 0 Å². The van der Waals surface area contributed by atoms with Gasteiger partial charge in [-0.25, -0.2) is 17.6 Å². The van der Waals surface area contributed by atoms with E-state index in [1.54, 1.807) is 48.5 Å². The van der Waals surface area contributed by atoms with E-state index in [9.17, 15) is 27.2 Å². The second-order valence-electron chi connectivity index (χ2n) is 14.0. The lowest BCUT2D eigenvalue weighted by atomic mass is 9.86. The summed E-state index contributed by atoms with van der Waals surface area (Å²) in [4.78, 5) is 29.5. The van der Waals surface area contributed by atoms with Crippen molar-refractivity contribution in [1.82, 2.24) is 0 Å². The first-order chi connectivity index (χ1) is 28.3. The molecule has 0 heterocycles. The number of ketones is 2. The Bertz CT molecular complexity index is 2670. The molecular formula is C52H30F4O2. The maximum Gasteiger partial charge on any atom is 0.195 e. The molecule has 0 fully saturated rings.